The number of nitrogens with one attached hydrogen (secondary N) is 1. The second-order valence-corrected chi connectivity index (χ2v) is 6.95. The first-order valence-electron chi connectivity index (χ1n) is 8.08. The molecule has 0 aromatic heterocycles. The molecule has 1 aromatic rings. The minimum absolute atomic E-state index is 0.670. The van der Waals surface area contributed by atoms with Gasteiger partial charge >= 0.3 is 0 Å². The quantitative estimate of drug-likeness (QED) is 0.806. The number of hydrogen-bond donors (Lipinski definition) is 1. The first-order chi connectivity index (χ1) is 9.60. The van der Waals surface area contributed by atoms with Crippen molar-refractivity contribution in [3.63, 3.8) is 0 Å². The highest BCUT2D eigenvalue weighted by Crippen LogP contribution is 2.33. The number of aryl methyl sites for hydroxylation is 1. The first-order valence-corrected chi connectivity index (χ1v) is 8.46. The highest BCUT2D eigenvalue weighted by Gasteiger charge is 2.28. The van der Waals surface area contributed by atoms with Gasteiger partial charge in [0.1, 0.15) is 0 Å². The van der Waals surface area contributed by atoms with Gasteiger partial charge in [0.15, 0.2) is 0 Å². The molecule has 1 aliphatic rings. The molecule has 0 spiro atoms. The number of halogens is 1. The van der Waals surface area contributed by atoms with E-state index < -0.39 is 0 Å². The Kier molecular flexibility index (Phi) is 5.92. The van der Waals surface area contributed by atoms with Crippen LogP contribution in [0.4, 0.5) is 0 Å². The van der Waals surface area contributed by atoms with Crippen LogP contribution in [0, 0.1) is 18.8 Å². The molecule has 1 aromatic carbocycles. The Morgan fingerprint density at radius 1 is 1.30 bits per heavy atom. The molecule has 0 saturated heterocycles. The molecule has 1 aliphatic carbocycles. The molecule has 0 aliphatic heterocycles. The Morgan fingerprint density at radius 3 is 2.80 bits per heavy atom. The normalized spacial score (nSPS) is 26.7. The molecule has 0 heterocycles. The molecule has 3 atom stereocenters. The van der Waals surface area contributed by atoms with Gasteiger partial charge in [-0.3, -0.25) is 0 Å². The molecule has 0 bridgehead atoms. The second kappa shape index (κ2) is 7.47. The predicted molar refractivity (Wildman–Crippen MR) is 88.5 cm³/mol. The van der Waals surface area contributed by atoms with Crippen LogP contribution >= 0.6 is 11.6 Å². The van der Waals surface area contributed by atoms with Crippen molar-refractivity contribution < 1.29 is 0 Å². The van der Waals surface area contributed by atoms with Gasteiger partial charge in [-0.05, 0) is 74.6 Å². The zero-order valence-electron chi connectivity index (χ0n) is 13.1. The van der Waals surface area contributed by atoms with Crippen molar-refractivity contribution >= 4 is 11.6 Å². The van der Waals surface area contributed by atoms with Crippen LogP contribution < -0.4 is 5.32 Å². The Morgan fingerprint density at radius 2 is 2.10 bits per heavy atom. The van der Waals surface area contributed by atoms with Gasteiger partial charge in [-0.25, -0.2) is 0 Å². The molecule has 1 nitrogen and oxygen atoms in total. The summed E-state index contributed by atoms with van der Waals surface area (Å²) in [6, 6.07) is 7.16. The van der Waals surface area contributed by atoms with E-state index in [1.165, 1.54) is 36.8 Å². The highest BCUT2D eigenvalue weighted by molar-refractivity contribution is 6.31. The first kappa shape index (κ1) is 15.9. The van der Waals surface area contributed by atoms with Crippen molar-refractivity contribution in [1.82, 2.24) is 5.32 Å². The number of hydrogen-bond acceptors (Lipinski definition) is 1. The summed E-state index contributed by atoms with van der Waals surface area (Å²) in [5.41, 5.74) is 2.57. The summed E-state index contributed by atoms with van der Waals surface area (Å²) in [5.74, 6) is 1.58. The lowest BCUT2D eigenvalue weighted by Gasteiger charge is -2.36. The van der Waals surface area contributed by atoms with E-state index in [2.05, 4.69) is 44.3 Å². The summed E-state index contributed by atoms with van der Waals surface area (Å²) in [5, 5.41) is 4.69. The number of rotatable bonds is 5. The van der Waals surface area contributed by atoms with Crippen LogP contribution in [0.2, 0.25) is 5.02 Å². The van der Waals surface area contributed by atoms with Crippen molar-refractivity contribution in [1.29, 1.82) is 0 Å². The summed E-state index contributed by atoms with van der Waals surface area (Å²) >= 11 is 6.42. The van der Waals surface area contributed by atoms with Crippen LogP contribution in [-0.4, -0.2) is 12.6 Å². The van der Waals surface area contributed by atoms with Gasteiger partial charge < -0.3 is 5.32 Å². The third-order valence-corrected chi connectivity index (χ3v) is 4.94. The fraction of sp³-hybridized carbons (Fsp3) is 0.667. The summed E-state index contributed by atoms with van der Waals surface area (Å²) in [4.78, 5) is 0. The average Bonchev–Trinajstić information content (AvgIpc) is 2.41. The molecule has 2 heteroatoms. The Labute approximate surface area is 129 Å². The maximum atomic E-state index is 6.42. The van der Waals surface area contributed by atoms with Crippen LogP contribution in [0.25, 0.3) is 0 Å². The van der Waals surface area contributed by atoms with Crippen molar-refractivity contribution in [2.24, 2.45) is 11.8 Å². The van der Waals surface area contributed by atoms with E-state index in [0.717, 1.165) is 29.8 Å². The van der Waals surface area contributed by atoms with E-state index in [1.54, 1.807) is 0 Å². The van der Waals surface area contributed by atoms with Crippen molar-refractivity contribution in [2.45, 2.75) is 58.9 Å². The molecular formula is C18H28ClN. The lowest BCUT2D eigenvalue weighted by molar-refractivity contribution is 0.212. The molecule has 0 radical (unpaired) electrons. The summed E-state index contributed by atoms with van der Waals surface area (Å²) in [6.07, 6.45) is 6.33. The minimum Gasteiger partial charge on any atom is -0.314 e. The Bertz CT molecular complexity index is 427. The number of benzene rings is 1. The van der Waals surface area contributed by atoms with E-state index in [1.807, 2.05) is 0 Å². The van der Waals surface area contributed by atoms with Gasteiger partial charge in [0.05, 0.1) is 0 Å². The van der Waals surface area contributed by atoms with Crippen LogP contribution in [0.15, 0.2) is 18.2 Å². The minimum atomic E-state index is 0.670. The SMILES string of the molecule is CCCNC1CCC(C)CC1Cc1ccc(C)cc1Cl. The molecule has 2 rings (SSSR count). The smallest absolute Gasteiger partial charge is 0.0440 e. The van der Waals surface area contributed by atoms with E-state index in [0.29, 0.717) is 6.04 Å². The van der Waals surface area contributed by atoms with Gasteiger partial charge in [-0.15, -0.1) is 0 Å². The van der Waals surface area contributed by atoms with Gasteiger partial charge in [-0.2, -0.15) is 0 Å². The van der Waals surface area contributed by atoms with Gasteiger partial charge in [0.25, 0.3) is 0 Å². The Balaban J connectivity index is 2.06. The maximum absolute atomic E-state index is 6.42. The Hall–Kier alpha value is -0.530. The zero-order valence-corrected chi connectivity index (χ0v) is 13.8. The van der Waals surface area contributed by atoms with E-state index in [4.69, 9.17) is 11.6 Å². The van der Waals surface area contributed by atoms with Gasteiger partial charge in [0, 0.05) is 11.1 Å². The van der Waals surface area contributed by atoms with Crippen LogP contribution in [-0.2, 0) is 6.42 Å². The maximum Gasteiger partial charge on any atom is 0.0440 e. The lowest BCUT2D eigenvalue weighted by atomic mass is 9.76. The molecule has 1 N–H and O–H groups in total. The molecule has 3 unspecified atom stereocenters. The summed E-state index contributed by atoms with van der Waals surface area (Å²) < 4.78 is 0. The lowest BCUT2D eigenvalue weighted by Crippen LogP contribution is -2.41. The van der Waals surface area contributed by atoms with Crippen LogP contribution in [0.3, 0.4) is 0 Å². The van der Waals surface area contributed by atoms with E-state index in [-0.39, 0.29) is 0 Å². The van der Waals surface area contributed by atoms with Crippen molar-refractivity contribution in [3.05, 3.63) is 34.3 Å². The van der Waals surface area contributed by atoms with E-state index >= 15 is 0 Å². The predicted octanol–water partition coefficient (Wildman–Crippen LogP) is 5.00. The third-order valence-electron chi connectivity index (χ3n) is 4.59. The third kappa shape index (κ3) is 4.23. The average molecular weight is 294 g/mol. The van der Waals surface area contributed by atoms with Gasteiger partial charge in [0.2, 0.25) is 0 Å². The fourth-order valence-corrected chi connectivity index (χ4v) is 3.74. The molecule has 112 valence electrons. The zero-order chi connectivity index (χ0) is 14.5. The highest BCUT2D eigenvalue weighted by atomic mass is 35.5. The molecule has 20 heavy (non-hydrogen) atoms. The molecule has 0 amide bonds. The van der Waals surface area contributed by atoms with Crippen molar-refractivity contribution in [2.75, 3.05) is 6.54 Å². The van der Waals surface area contributed by atoms with Crippen molar-refractivity contribution in [3.8, 4) is 0 Å². The monoisotopic (exact) mass is 293 g/mol. The van der Waals surface area contributed by atoms with Gasteiger partial charge in [-0.1, -0.05) is 37.6 Å². The van der Waals surface area contributed by atoms with Crippen LogP contribution in [0.1, 0.15) is 50.7 Å². The second-order valence-electron chi connectivity index (χ2n) is 6.54. The summed E-state index contributed by atoms with van der Waals surface area (Å²) in [7, 11) is 0. The molecule has 1 saturated carbocycles. The molecule has 1 fully saturated rings. The largest absolute Gasteiger partial charge is 0.314 e. The van der Waals surface area contributed by atoms with Crippen LogP contribution in [0.5, 0.6) is 0 Å². The standard InChI is InChI=1S/C18H28ClN/c1-4-9-20-18-8-6-13(2)10-16(18)12-15-7-5-14(3)11-17(15)19/h5,7,11,13,16,18,20H,4,6,8-10,12H2,1-3H3. The fourth-order valence-electron chi connectivity index (χ4n) is 3.42. The van der Waals surface area contributed by atoms with E-state index in [9.17, 15) is 0 Å². The summed E-state index contributed by atoms with van der Waals surface area (Å²) in [6.45, 7) is 7.87. The topological polar surface area (TPSA) is 12.0 Å². The molecular weight excluding hydrogens is 266 g/mol.